The highest BCUT2D eigenvalue weighted by Gasteiger charge is 2.45. The summed E-state index contributed by atoms with van der Waals surface area (Å²) in [5, 5.41) is 0. The maximum Gasteiger partial charge on any atom is 0.272 e. The quantitative estimate of drug-likeness (QED) is 0.610. The van der Waals surface area contributed by atoms with Crippen molar-refractivity contribution in [2.24, 2.45) is 5.41 Å². The minimum atomic E-state index is -0.670. The number of hydrogen-bond acceptors (Lipinski definition) is 3. The second-order valence-electron chi connectivity index (χ2n) is 8.73. The van der Waals surface area contributed by atoms with Gasteiger partial charge in [0.1, 0.15) is 5.69 Å². The second-order valence-corrected chi connectivity index (χ2v) is 8.73. The van der Waals surface area contributed by atoms with Gasteiger partial charge in [-0.15, -0.1) is 0 Å². The molecule has 0 bridgehead atoms. The molecule has 0 radical (unpaired) electrons. The number of hydrogen-bond donors (Lipinski definition) is 0. The second kappa shape index (κ2) is 9.35. The molecule has 1 aliphatic rings. The largest absolute Gasteiger partial charge is 0.348 e. The fourth-order valence-corrected chi connectivity index (χ4v) is 4.76. The monoisotopic (exact) mass is 427 g/mol. The molecule has 2 amide bonds. The van der Waals surface area contributed by atoms with Crippen LogP contribution in [0.15, 0.2) is 79.0 Å². The summed E-state index contributed by atoms with van der Waals surface area (Å²) in [7, 11) is 3.60. The van der Waals surface area contributed by atoms with Gasteiger partial charge in [0.25, 0.3) is 5.91 Å². The summed E-state index contributed by atoms with van der Waals surface area (Å²) in [5.41, 5.74) is 3.14. The number of rotatable bonds is 5. The molecule has 2 heterocycles. The van der Waals surface area contributed by atoms with Crippen molar-refractivity contribution in [3.63, 3.8) is 0 Å². The highest BCUT2D eigenvalue weighted by molar-refractivity contribution is 5.93. The van der Waals surface area contributed by atoms with Gasteiger partial charge in [-0.3, -0.25) is 14.6 Å². The molecule has 1 atom stereocenters. The molecule has 3 aromatic rings. The van der Waals surface area contributed by atoms with Crippen LogP contribution < -0.4 is 0 Å². The average molecular weight is 428 g/mol. The van der Waals surface area contributed by atoms with E-state index in [0.29, 0.717) is 25.2 Å². The van der Waals surface area contributed by atoms with Crippen LogP contribution in [0.1, 0.15) is 28.9 Å². The molecule has 1 aliphatic heterocycles. The van der Waals surface area contributed by atoms with Crippen LogP contribution in [0.3, 0.4) is 0 Å². The number of carbonyl (C=O) groups is 2. The van der Waals surface area contributed by atoms with Crippen LogP contribution in [-0.2, 0) is 11.2 Å². The fraction of sp³-hybridized carbons (Fsp3) is 0.296. The van der Waals surface area contributed by atoms with Gasteiger partial charge in [-0.1, -0.05) is 60.7 Å². The Kier molecular flexibility index (Phi) is 6.35. The van der Waals surface area contributed by atoms with E-state index >= 15 is 0 Å². The van der Waals surface area contributed by atoms with Gasteiger partial charge in [-0.25, -0.2) is 0 Å². The van der Waals surface area contributed by atoms with Crippen molar-refractivity contribution in [1.29, 1.82) is 0 Å². The number of amides is 2. The summed E-state index contributed by atoms with van der Waals surface area (Å²) in [6.45, 7) is 1.03. The first-order valence-corrected chi connectivity index (χ1v) is 11.1. The van der Waals surface area contributed by atoms with Crippen LogP contribution in [0.4, 0.5) is 0 Å². The van der Waals surface area contributed by atoms with Crippen molar-refractivity contribution in [3.8, 4) is 11.1 Å². The fourth-order valence-electron chi connectivity index (χ4n) is 4.76. The molecule has 1 aromatic heterocycles. The highest BCUT2D eigenvalue weighted by Crippen LogP contribution is 2.38. The van der Waals surface area contributed by atoms with Gasteiger partial charge in [0, 0.05) is 33.4 Å². The lowest BCUT2D eigenvalue weighted by Crippen LogP contribution is -2.54. The topological polar surface area (TPSA) is 53.5 Å². The zero-order chi connectivity index (χ0) is 22.6. The molecule has 0 unspecified atom stereocenters. The van der Waals surface area contributed by atoms with E-state index in [4.69, 9.17) is 0 Å². The number of nitrogens with zero attached hydrogens (tertiary/aromatic N) is 3. The van der Waals surface area contributed by atoms with Crippen molar-refractivity contribution in [3.05, 3.63) is 90.3 Å². The first-order valence-electron chi connectivity index (χ1n) is 11.1. The standard InChI is InChI=1S/C27H29N3O2/c1-29(2)26(32)27(16-10-18-30(20-27)25(31)24-15-8-9-17-28-24)19-22-13-6-7-14-23(22)21-11-4-3-5-12-21/h3-9,11-15,17H,10,16,18-20H2,1-2H3/t27-/m0/s1. The zero-order valence-corrected chi connectivity index (χ0v) is 18.7. The molecular weight excluding hydrogens is 398 g/mol. The van der Waals surface area contributed by atoms with Crippen molar-refractivity contribution in [2.75, 3.05) is 27.2 Å². The Labute approximate surface area is 189 Å². The van der Waals surface area contributed by atoms with E-state index in [1.807, 2.05) is 36.4 Å². The van der Waals surface area contributed by atoms with Crippen molar-refractivity contribution in [2.45, 2.75) is 19.3 Å². The number of carbonyl (C=O) groups excluding carboxylic acids is 2. The molecule has 0 saturated carbocycles. The van der Waals surface area contributed by atoms with Gasteiger partial charge in [0.05, 0.1) is 5.41 Å². The Morgan fingerprint density at radius 2 is 1.69 bits per heavy atom. The first kappa shape index (κ1) is 21.8. The predicted molar refractivity (Wildman–Crippen MR) is 126 cm³/mol. The van der Waals surface area contributed by atoms with E-state index in [1.165, 1.54) is 0 Å². The summed E-state index contributed by atoms with van der Waals surface area (Å²) in [6.07, 6.45) is 3.75. The van der Waals surface area contributed by atoms with Crippen LogP contribution in [0.25, 0.3) is 11.1 Å². The van der Waals surface area contributed by atoms with E-state index in [1.54, 1.807) is 42.2 Å². The third-order valence-electron chi connectivity index (χ3n) is 6.24. The van der Waals surface area contributed by atoms with Gasteiger partial charge in [0.2, 0.25) is 5.91 Å². The maximum atomic E-state index is 13.5. The molecule has 5 heteroatoms. The smallest absolute Gasteiger partial charge is 0.272 e. The van der Waals surface area contributed by atoms with Crippen molar-refractivity contribution in [1.82, 2.24) is 14.8 Å². The molecule has 32 heavy (non-hydrogen) atoms. The molecule has 1 saturated heterocycles. The third kappa shape index (κ3) is 4.42. The molecular formula is C27H29N3O2. The first-order chi connectivity index (χ1) is 15.5. The number of piperidine rings is 1. The minimum absolute atomic E-state index is 0.0684. The SMILES string of the molecule is CN(C)C(=O)[C@]1(Cc2ccccc2-c2ccccc2)CCCN(C(=O)c2ccccn2)C1. The Balaban J connectivity index is 1.70. The number of likely N-dealkylation sites (tertiary alicyclic amines) is 1. The Morgan fingerprint density at radius 1 is 0.969 bits per heavy atom. The average Bonchev–Trinajstić information content (AvgIpc) is 2.84. The van der Waals surface area contributed by atoms with E-state index in [9.17, 15) is 9.59 Å². The van der Waals surface area contributed by atoms with Crippen LogP contribution in [0.2, 0.25) is 0 Å². The molecule has 2 aromatic carbocycles. The summed E-state index contributed by atoms with van der Waals surface area (Å²) in [4.78, 5) is 34.4. The van der Waals surface area contributed by atoms with Crippen molar-refractivity contribution >= 4 is 11.8 Å². The summed E-state index contributed by atoms with van der Waals surface area (Å²) >= 11 is 0. The summed E-state index contributed by atoms with van der Waals surface area (Å²) in [6, 6.07) is 23.9. The molecule has 164 valence electrons. The zero-order valence-electron chi connectivity index (χ0n) is 18.7. The van der Waals surface area contributed by atoms with Crippen molar-refractivity contribution < 1.29 is 9.59 Å². The molecule has 0 aliphatic carbocycles. The molecule has 1 fully saturated rings. The van der Waals surface area contributed by atoms with E-state index in [-0.39, 0.29) is 11.8 Å². The number of aromatic nitrogens is 1. The van der Waals surface area contributed by atoms with Gasteiger partial charge in [0.15, 0.2) is 0 Å². The van der Waals surface area contributed by atoms with E-state index in [0.717, 1.165) is 29.5 Å². The number of pyridine rings is 1. The Bertz CT molecular complexity index is 1080. The van der Waals surface area contributed by atoms with Crippen LogP contribution >= 0.6 is 0 Å². The molecule has 4 rings (SSSR count). The molecule has 0 N–H and O–H groups in total. The minimum Gasteiger partial charge on any atom is -0.348 e. The van der Waals surface area contributed by atoms with Gasteiger partial charge >= 0.3 is 0 Å². The Morgan fingerprint density at radius 3 is 2.41 bits per heavy atom. The van der Waals surface area contributed by atoms with Gasteiger partial charge < -0.3 is 9.80 Å². The van der Waals surface area contributed by atoms with Crippen LogP contribution in [0.5, 0.6) is 0 Å². The van der Waals surface area contributed by atoms with Gasteiger partial charge in [-0.05, 0) is 48.1 Å². The summed E-state index contributed by atoms with van der Waals surface area (Å²) in [5.74, 6) is -0.0449. The van der Waals surface area contributed by atoms with Crippen LogP contribution in [-0.4, -0.2) is 53.8 Å². The summed E-state index contributed by atoms with van der Waals surface area (Å²) < 4.78 is 0. The normalized spacial score (nSPS) is 18.2. The maximum absolute atomic E-state index is 13.5. The lowest BCUT2D eigenvalue weighted by molar-refractivity contribution is -0.142. The van der Waals surface area contributed by atoms with E-state index < -0.39 is 5.41 Å². The number of benzene rings is 2. The third-order valence-corrected chi connectivity index (χ3v) is 6.24. The van der Waals surface area contributed by atoms with E-state index in [2.05, 4.69) is 29.2 Å². The Hall–Kier alpha value is -3.47. The lowest BCUT2D eigenvalue weighted by Gasteiger charge is -2.43. The van der Waals surface area contributed by atoms with Gasteiger partial charge in [-0.2, -0.15) is 0 Å². The molecule has 0 spiro atoms. The van der Waals surface area contributed by atoms with Crippen LogP contribution in [0, 0.1) is 5.41 Å². The molecule has 5 nitrogen and oxygen atoms in total. The lowest BCUT2D eigenvalue weighted by atomic mass is 9.72. The highest BCUT2D eigenvalue weighted by atomic mass is 16.2. The predicted octanol–water partition coefficient (Wildman–Crippen LogP) is 4.30.